The van der Waals surface area contributed by atoms with Gasteiger partial charge in [-0.25, -0.2) is 4.39 Å². The number of nitrogens with zero attached hydrogens (tertiary/aromatic N) is 3. The number of hydrogen-bond acceptors (Lipinski definition) is 3. The van der Waals surface area contributed by atoms with Crippen molar-refractivity contribution in [3.05, 3.63) is 52.7 Å². The van der Waals surface area contributed by atoms with Crippen LogP contribution in [0, 0.1) is 19.7 Å². The zero-order valence-corrected chi connectivity index (χ0v) is 14.1. The highest BCUT2D eigenvalue weighted by Gasteiger charge is 2.10. The van der Waals surface area contributed by atoms with Crippen LogP contribution in [0.1, 0.15) is 22.6 Å². The van der Waals surface area contributed by atoms with Crippen molar-refractivity contribution in [3.63, 3.8) is 0 Å². The fourth-order valence-corrected chi connectivity index (χ4v) is 2.53. The summed E-state index contributed by atoms with van der Waals surface area (Å²) in [6.45, 7) is 5.17. The standard InChI is InChI=1S/C17H23FN4O/c1-12-16(13(2)23-21-12)8-9-20-17(19-3)22(4)11-14-6-5-7-15(18)10-14/h5-7,10H,8-9,11H2,1-4H3,(H,19,20). The van der Waals surface area contributed by atoms with E-state index in [0.29, 0.717) is 6.54 Å². The number of aliphatic imine (C=N–C) groups is 1. The minimum Gasteiger partial charge on any atom is -0.361 e. The first-order valence-electron chi connectivity index (χ1n) is 7.59. The normalized spacial score (nSPS) is 11.6. The van der Waals surface area contributed by atoms with Gasteiger partial charge in [0.05, 0.1) is 5.69 Å². The minimum absolute atomic E-state index is 0.225. The second-order valence-corrected chi connectivity index (χ2v) is 5.51. The Bertz CT molecular complexity index is 661. The van der Waals surface area contributed by atoms with Crippen LogP contribution < -0.4 is 5.32 Å². The summed E-state index contributed by atoms with van der Waals surface area (Å²) in [5, 5.41) is 7.26. The van der Waals surface area contributed by atoms with Gasteiger partial charge in [-0.15, -0.1) is 0 Å². The van der Waals surface area contributed by atoms with Crippen molar-refractivity contribution in [2.45, 2.75) is 26.8 Å². The third-order valence-corrected chi connectivity index (χ3v) is 3.72. The zero-order chi connectivity index (χ0) is 16.8. The zero-order valence-electron chi connectivity index (χ0n) is 14.1. The first-order chi connectivity index (χ1) is 11.0. The van der Waals surface area contributed by atoms with Gasteiger partial charge in [0.15, 0.2) is 5.96 Å². The van der Waals surface area contributed by atoms with Crippen molar-refractivity contribution < 1.29 is 8.91 Å². The summed E-state index contributed by atoms with van der Waals surface area (Å²) in [5.74, 6) is 1.39. The largest absolute Gasteiger partial charge is 0.361 e. The predicted molar refractivity (Wildman–Crippen MR) is 88.9 cm³/mol. The molecule has 0 aliphatic rings. The van der Waals surface area contributed by atoms with E-state index in [-0.39, 0.29) is 5.82 Å². The fraction of sp³-hybridized carbons (Fsp3) is 0.412. The average Bonchev–Trinajstić information content (AvgIpc) is 2.83. The maximum atomic E-state index is 13.3. The molecule has 2 rings (SSSR count). The highest BCUT2D eigenvalue weighted by atomic mass is 19.1. The molecule has 23 heavy (non-hydrogen) atoms. The lowest BCUT2D eigenvalue weighted by Crippen LogP contribution is -2.39. The van der Waals surface area contributed by atoms with Gasteiger partial charge in [-0.2, -0.15) is 0 Å². The van der Waals surface area contributed by atoms with E-state index in [1.54, 1.807) is 13.1 Å². The number of halogens is 1. The molecule has 124 valence electrons. The Morgan fingerprint density at radius 2 is 2.17 bits per heavy atom. The lowest BCUT2D eigenvalue weighted by Gasteiger charge is -2.22. The monoisotopic (exact) mass is 318 g/mol. The highest BCUT2D eigenvalue weighted by molar-refractivity contribution is 5.79. The molecule has 0 saturated heterocycles. The molecule has 6 heteroatoms. The van der Waals surface area contributed by atoms with Crippen molar-refractivity contribution in [3.8, 4) is 0 Å². The number of aryl methyl sites for hydroxylation is 2. The smallest absolute Gasteiger partial charge is 0.193 e. The van der Waals surface area contributed by atoms with E-state index in [4.69, 9.17) is 4.52 Å². The Balaban J connectivity index is 1.89. The van der Waals surface area contributed by atoms with Gasteiger partial charge in [0.1, 0.15) is 11.6 Å². The lowest BCUT2D eigenvalue weighted by atomic mass is 10.1. The van der Waals surface area contributed by atoms with Gasteiger partial charge in [0.2, 0.25) is 0 Å². The summed E-state index contributed by atoms with van der Waals surface area (Å²) in [6, 6.07) is 6.59. The van der Waals surface area contributed by atoms with E-state index in [2.05, 4.69) is 15.5 Å². The van der Waals surface area contributed by atoms with E-state index >= 15 is 0 Å². The molecule has 5 nitrogen and oxygen atoms in total. The molecule has 0 spiro atoms. The van der Waals surface area contributed by atoms with Gasteiger partial charge >= 0.3 is 0 Å². The summed E-state index contributed by atoms with van der Waals surface area (Å²) in [5.41, 5.74) is 2.95. The van der Waals surface area contributed by atoms with Crippen LogP contribution in [-0.2, 0) is 13.0 Å². The molecule has 0 fully saturated rings. The van der Waals surface area contributed by atoms with E-state index in [1.165, 1.54) is 12.1 Å². The van der Waals surface area contributed by atoms with Crippen LogP contribution in [0.25, 0.3) is 0 Å². The summed E-state index contributed by atoms with van der Waals surface area (Å²) >= 11 is 0. The van der Waals surface area contributed by atoms with E-state index in [1.807, 2.05) is 31.9 Å². The molecule has 0 aliphatic carbocycles. The van der Waals surface area contributed by atoms with Gasteiger partial charge < -0.3 is 14.7 Å². The Morgan fingerprint density at radius 3 is 2.78 bits per heavy atom. The fourth-order valence-electron chi connectivity index (χ4n) is 2.53. The molecule has 1 N–H and O–H groups in total. The average molecular weight is 318 g/mol. The topological polar surface area (TPSA) is 53.7 Å². The predicted octanol–water partition coefficient (Wildman–Crippen LogP) is 2.68. The van der Waals surface area contributed by atoms with Crippen LogP contribution in [0.5, 0.6) is 0 Å². The number of nitrogens with one attached hydrogen (secondary N) is 1. The molecule has 1 heterocycles. The quantitative estimate of drug-likeness (QED) is 0.680. The van der Waals surface area contributed by atoms with Crippen LogP contribution in [0.4, 0.5) is 4.39 Å². The van der Waals surface area contributed by atoms with E-state index in [9.17, 15) is 4.39 Å². The summed E-state index contributed by atoms with van der Waals surface area (Å²) in [6.07, 6.45) is 0.813. The second kappa shape index (κ2) is 7.76. The molecular weight excluding hydrogens is 295 g/mol. The lowest BCUT2D eigenvalue weighted by molar-refractivity contribution is 0.392. The molecule has 1 aromatic heterocycles. The number of aromatic nitrogens is 1. The summed E-state index contributed by atoms with van der Waals surface area (Å²) in [7, 11) is 3.66. The number of rotatable bonds is 5. The van der Waals surface area contributed by atoms with Crippen LogP contribution in [-0.4, -0.2) is 36.7 Å². The van der Waals surface area contributed by atoms with Gasteiger partial charge in [-0.1, -0.05) is 17.3 Å². The molecule has 0 aliphatic heterocycles. The number of benzene rings is 1. The number of hydrogen-bond donors (Lipinski definition) is 1. The molecule has 0 saturated carbocycles. The van der Waals surface area contributed by atoms with E-state index in [0.717, 1.165) is 41.5 Å². The molecule has 0 unspecified atom stereocenters. The Kier molecular flexibility index (Phi) is 5.73. The van der Waals surface area contributed by atoms with Gasteiger partial charge in [-0.3, -0.25) is 4.99 Å². The third kappa shape index (κ3) is 4.55. The maximum absolute atomic E-state index is 13.3. The van der Waals surface area contributed by atoms with Gasteiger partial charge in [0, 0.05) is 32.7 Å². The molecular formula is C17H23FN4O. The summed E-state index contributed by atoms with van der Waals surface area (Å²) in [4.78, 5) is 6.23. The molecule has 2 aromatic rings. The van der Waals surface area contributed by atoms with Gasteiger partial charge in [-0.05, 0) is 38.0 Å². The second-order valence-electron chi connectivity index (χ2n) is 5.51. The van der Waals surface area contributed by atoms with Crippen molar-refractivity contribution in [2.24, 2.45) is 4.99 Å². The van der Waals surface area contributed by atoms with Crippen LogP contribution >= 0.6 is 0 Å². The molecule has 0 atom stereocenters. The minimum atomic E-state index is -0.225. The van der Waals surface area contributed by atoms with Crippen LogP contribution in [0.15, 0.2) is 33.8 Å². The van der Waals surface area contributed by atoms with Crippen molar-refractivity contribution >= 4 is 5.96 Å². The Labute approximate surface area is 136 Å². The molecule has 0 bridgehead atoms. The highest BCUT2D eigenvalue weighted by Crippen LogP contribution is 2.12. The van der Waals surface area contributed by atoms with Crippen molar-refractivity contribution in [1.82, 2.24) is 15.4 Å². The van der Waals surface area contributed by atoms with Crippen LogP contribution in [0.2, 0.25) is 0 Å². The maximum Gasteiger partial charge on any atom is 0.193 e. The molecule has 0 radical (unpaired) electrons. The first-order valence-corrected chi connectivity index (χ1v) is 7.59. The van der Waals surface area contributed by atoms with Crippen molar-refractivity contribution in [2.75, 3.05) is 20.6 Å². The Hall–Kier alpha value is -2.37. The van der Waals surface area contributed by atoms with Crippen molar-refractivity contribution in [1.29, 1.82) is 0 Å². The third-order valence-electron chi connectivity index (χ3n) is 3.72. The van der Waals surface area contributed by atoms with Crippen LogP contribution in [0.3, 0.4) is 0 Å². The summed E-state index contributed by atoms with van der Waals surface area (Å²) < 4.78 is 18.4. The van der Waals surface area contributed by atoms with E-state index < -0.39 is 0 Å². The SMILES string of the molecule is CN=C(NCCc1c(C)noc1C)N(C)Cc1cccc(F)c1. The van der Waals surface area contributed by atoms with Gasteiger partial charge in [0.25, 0.3) is 0 Å². The number of guanidine groups is 1. The Morgan fingerprint density at radius 1 is 1.39 bits per heavy atom. The first kappa shape index (κ1) is 17.0. The molecule has 1 aromatic carbocycles. The molecule has 0 amide bonds.